The fourth-order valence-electron chi connectivity index (χ4n) is 3.36. The van der Waals surface area contributed by atoms with Gasteiger partial charge in [0.1, 0.15) is 4.90 Å². The van der Waals surface area contributed by atoms with Gasteiger partial charge in [0.2, 0.25) is 10.0 Å². The van der Waals surface area contributed by atoms with Crippen LogP contribution in [0.25, 0.3) is 0 Å². The Morgan fingerprint density at radius 3 is 2.63 bits per heavy atom. The third kappa shape index (κ3) is 2.00. The van der Waals surface area contributed by atoms with Crippen molar-refractivity contribution in [1.82, 2.24) is 19.8 Å². The molecular weight excluding hydrogens is 264 g/mol. The van der Waals surface area contributed by atoms with Crippen LogP contribution in [-0.2, 0) is 10.0 Å². The molecule has 0 spiro atoms. The molecule has 2 bridgehead atoms. The molecule has 19 heavy (non-hydrogen) atoms. The number of nitrogens with one attached hydrogen (secondary N) is 2. The van der Waals surface area contributed by atoms with Crippen molar-refractivity contribution in [2.45, 2.75) is 50.1 Å². The Hall–Kier alpha value is -0.920. The first-order chi connectivity index (χ1) is 9.01. The quantitative estimate of drug-likeness (QED) is 0.831. The number of nitrogens with zero attached hydrogens (tertiary/aromatic N) is 2. The van der Waals surface area contributed by atoms with Crippen molar-refractivity contribution in [1.29, 1.82) is 0 Å². The summed E-state index contributed by atoms with van der Waals surface area (Å²) in [6.07, 6.45) is 2.82. The Balaban J connectivity index is 2.05. The highest BCUT2D eigenvalue weighted by atomic mass is 32.2. The number of rotatable bonds is 2. The van der Waals surface area contributed by atoms with Gasteiger partial charge in [-0.3, -0.25) is 5.10 Å². The van der Waals surface area contributed by atoms with Crippen LogP contribution in [0.5, 0.6) is 0 Å². The van der Waals surface area contributed by atoms with E-state index in [1.807, 2.05) is 0 Å². The molecule has 6 nitrogen and oxygen atoms in total. The van der Waals surface area contributed by atoms with E-state index >= 15 is 0 Å². The molecule has 3 heterocycles. The molecule has 1 aromatic rings. The number of fused-ring (bicyclic) bond motifs is 2. The minimum atomic E-state index is -3.44. The topological polar surface area (TPSA) is 78.1 Å². The van der Waals surface area contributed by atoms with Crippen molar-refractivity contribution >= 4 is 10.0 Å². The molecule has 2 atom stereocenters. The molecule has 0 saturated carbocycles. The fourth-order valence-corrected chi connectivity index (χ4v) is 5.60. The number of aromatic amines is 1. The molecular formula is C12H20N4O2S. The predicted molar refractivity (Wildman–Crippen MR) is 71.4 cm³/mol. The summed E-state index contributed by atoms with van der Waals surface area (Å²) in [7, 11) is -3.44. The number of aryl methyl sites for hydroxylation is 2. The zero-order valence-corrected chi connectivity index (χ0v) is 12.1. The Labute approximate surface area is 113 Å². The van der Waals surface area contributed by atoms with Crippen molar-refractivity contribution in [2.24, 2.45) is 0 Å². The van der Waals surface area contributed by atoms with E-state index in [-0.39, 0.29) is 12.1 Å². The van der Waals surface area contributed by atoms with E-state index < -0.39 is 10.0 Å². The zero-order chi connectivity index (χ0) is 13.6. The van der Waals surface area contributed by atoms with Crippen LogP contribution >= 0.6 is 0 Å². The van der Waals surface area contributed by atoms with Crippen molar-refractivity contribution in [3.8, 4) is 0 Å². The SMILES string of the molecule is Cc1n[nH]c(C)c1S(=O)(=O)N1C2CCNCC1CC2. The van der Waals surface area contributed by atoms with Crippen LogP contribution in [0.2, 0.25) is 0 Å². The van der Waals surface area contributed by atoms with Gasteiger partial charge >= 0.3 is 0 Å². The van der Waals surface area contributed by atoms with E-state index in [1.54, 1.807) is 18.2 Å². The molecule has 106 valence electrons. The van der Waals surface area contributed by atoms with E-state index in [0.717, 1.165) is 32.4 Å². The molecule has 2 unspecified atom stereocenters. The van der Waals surface area contributed by atoms with Crippen LogP contribution in [0.15, 0.2) is 4.90 Å². The van der Waals surface area contributed by atoms with E-state index in [9.17, 15) is 8.42 Å². The number of H-pyrrole nitrogens is 1. The largest absolute Gasteiger partial charge is 0.315 e. The Kier molecular flexibility index (Phi) is 3.15. The van der Waals surface area contributed by atoms with Gasteiger partial charge in [0.05, 0.1) is 11.4 Å². The lowest BCUT2D eigenvalue weighted by Crippen LogP contribution is -2.42. The molecule has 0 radical (unpaired) electrons. The summed E-state index contributed by atoms with van der Waals surface area (Å²) in [4.78, 5) is 0.367. The highest BCUT2D eigenvalue weighted by molar-refractivity contribution is 7.89. The van der Waals surface area contributed by atoms with Crippen LogP contribution in [-0.4, -0.2) is 48.1 Å². The second kappa shape index (κ2) is 4.57. The van der Waals surface area contributed by atoms with Gasteiger partial charge in [-0.25, -0.2) is 8.42 Å². The molecule has 2 saturated heterocycles. The van der Waals surface area contributed by atoms with Gasteiger partial charge < -0.3 is 5.32 Å². The maximum Gasteiger partial charge on any atom is 0.247 e. The fraction of sp³-hybridized carbons (Fsp3) is 0.750. The normalized spacial score (nSPS) is 28.5. The lowest BCUT2D eigenvalue weighted by atomic mass is 10.1. The highest BCUT2D eigenvalue weighted by Crippen LogP contribution is 2.35. The summed E-state index contributed by atoms with van der Waals surface area (Å²) >= 11 is 0. The first-order valence-electron chi connectivity index (χ1n) is 6.77. The Bertz CT molecular complexity index is 547. The second-order valence-corrected chi connectivity index (χ2v) is 7.26. The standard InChI is InChI=1S/C12H20N4O2S/c1-8-12(9(2)15-14-8)19(17,18)16-10-3-4-11(16)7-13-6-5-10/h10-11,13H,3-7H2,1-2H3,(H,14,15). The number of aromatic nitrogens is 2. The lowest BCUT2D eigenvalue weighted by molar-refractivity contribution is 0.334. The van der Waals surface area contributed by atoms with Gasteiger partial charge in [-0.2, -0.15) is 9.40 Å². The van der Waals surface area contributed by atoms with E-state index in [4.69, 9.17) is 0 Å². The van der Waals surface area contributed by atoms with Crippen molar-refractivity contribution in [2.75, 3.05) is 13.1 Å². The molecule has 1 aromatic heterocycles. The van der Waals surface area contributed by atoms with Crippen LogP contribution in [0.1, 0.15) is 30.7 Å². The number of hydrogen-bond donors (Lipinski definition) is 2. The number of sulfonamides is 1. The first kappa shape index (κ1) is 13.1. The van der Waals surface area contributed by atoms with Crippen LogP contribution in [0.3, 0.4) is 0 Å². The van der Waals surface area contributed by atoms with E-state index in [0.29, 0.717) is 16.3 Å². The minimum absolute atomic E-state index is 0.0891. The van der Waals surface area contributed by atoms with Gasteiger partial charge in [-0.1, -0.05) is 0 Å². The van der Waals surface area contributed by atoms with Crippen LogP contribution in [0.4, 0.5) is 0 Å². The average Bonchev–Trinajstić information content (AvgIpc) is 2.78. The molecule has 7 heteroatoms. The summed E-state index contributed by atoms with van der Waals surface area (Å²) < 4.78 is 27.6. The summed E-state index contributed by atoms with van der Waals surface area (Å²) in [5.74, 6) is 0. The Morgan fingerprint density at radius 1 is 1.21 bits per heavy atom. The maximum atomic E-state index is 12.9. The summed E-state index contributed by atoms with van der Waals surface area (Å²) in [5.41, 5.74) is 1.20. The first-order valence-corrected chi connectivity index (χ1v) is 8.21. The van der Waals surface area contributed by atoms with Gasteiger partial charge in [0, 0.05) is 18.6 Å². The zero-order valence-electron chi connectivity index (χ0n) is 11.3. The summed E-state index contributed by atoms with van der Waals surface area (Å²) in [6.45, 7) is 5.17. The lowest BCUT2D eigenvalue weighted by Gasteiger charge is -2.26. The maximum absolute atomic E-state index is 12.9. The van der Waals surface area contributed by atoms with Crippen molar-refractivity contribution in [3.63, 3.8) is 0 Å². The van der Waals surface area contributed by atoms with Crippen molar-refractivity contribution in [3.05, 3.63) is 11.4 Å². The predicted octanol–water partition coefficient (Wildman–Crippen LogP) is 0.542. The smallest absolute Gasteiger partial charge is 0.247 e. The molecule has 2 aliphatic rings. The molecule has 3 rings (SSSR count). The van der Waals surface area contributed by atoms with E-state index in [1.165, 1.54) is 0 Å². The summed E-state index contributed by atoms with van der Waals surface area (Å²) in [5, 5.41) is 10.1. The van der Waals surface area contributed by atoms with Gasteiger partial charge in [-0.05, 0) is 39.7 Å². The molecule has 2 N–H and O–H groups in total. The highest BCUT2D eigenvalue weighted by Gasteiger charge is 2.44. The molecule has 2 aliphatic heterocycles. The third-order valence-electron chi connectivity index (χ3n) is 4.18. The van der Waals surface area contributed by atoms with Crippen LogP contribution in [0, 0.1) is 13.8 Å². The molecule has 0 aromatic carbocycles. The van der Waals surface area contributed by atoms with Crippen molar-refractivity contribution < 1.29 is 8.42 Å². The van der Waals surface area contributed by atoms with E-state index in [2.05, 4.69) is 15.5 Å². The Morgan fingerprint density at radius 2 is 1.95 bits per heavy atom. The molecule has 2 fully saturated rings. The van der Waals surface area contributed by atoms with Gasteiger partial charge in [0.25, 0.3) is 0 Å². The van der Waals surface area contributed by atoms with Gasteiger partial charge in [-0.15, -0.1) is 0 Å². The summed E-state index contributed by atoms with van der Waals surface area (Å²) in [6, 6.07) is 0.227. The van der Waals surface area contributed by atoms with Crippen LogP contribution < -0.4 is 5.32 Å². The monoisotopic (exact) mass is 284 g/mol. The third-order valence-corrected chi connectivity index (χ3v) is 6.45. The average molecular weight is 284 g/mol. The molecule has 0 amide bonds. The number of hydrogen-bond acceptors (Lipinski definition) is 4. The molecule has 0 aliphatic carbocycles. The van der Waals surface area contributed by atoms with Gasteiger partial charge in [0.15, 0.2) is 0 Å². The minimum Gasteiger partial charge on any atom is -0.315 e. The second-order valence-electron chi connectivity index (χ2n) is 5.48.